The molecule has 3 N–H and O–H groups in total. The molecule has 1 aromatic heterocycles. The maximum Gasteiger partial charge on any atom is 0.147 e. The van der Waals surface area contributed by atoms with Gasteiger partial charge in [-0.2, -0.15) is 0 Å². The topological polar surface area (TPSA) is 78.0 Å². The van der Waals surface area contributed by atoms with Crippen LogP contribution in [0.5, 0.6) is 0 Å². The van der Waals surface area contributed by atoms with E-state index < -0.39 is 0 Å². The molecule has 2 fully saturated rings. The quantitative estimate of drug-likeness (QED) is 0.759. The van der Waals surface area contributed by atoms with E-state index in [1.54, 1.807) is 7.11 Å². The summed E-state index contributed by atoms with van der Waals surface area (Å²) in [4.78, 5) is 0. The Labute approximate surface area is 132 Å². The minimum atomic E-state index is 0.343. The van der Waals surface area contributed by atoms with Crippen molar-refractivity contribution in [2.45, 2.75) is 64.1 Å². The molecule has 0 spiro atoms. The summed E-state index contributed by atoms with van der Waals surface area (Å²) in [6.45, 7) is 5.72. The van der Waals surface area contributed by atoms with Gasteiger partial charge in [0.25, 0.3) is 0 Å². The first-order valence-electron chi connectivity index (χ1n) is 8.54. The molecule has 0 saturated heterocycles. The predicted molar refractivity (Wildman–Crippen MR) is 85.5 cm³/mol. The van der Waals surface area contributed by atoms with Gasteiger partial charge in [-0.1, -0.05) is 6.42 Å². The van der Waals surface area contributed by atoms with Crippen LogP contribution in [0, 0.1) is 5.41 Å². The fraction of sp³-hybridized carbons (Fsp3) is 0.875. The Morgan fingerprint density at radius 2 is 2.14 bits per heavy atom. The molecule has 6 heteroatoms. The van der Waals surface area contributed by atoms with Crippen LogP contribution in [0.4, 0.5) is 0 Å². The summed E-state index contributed by atoms with van der Waals surface area (Å²) in [5.74, 6) is 2.67. The molecule has 1 heterocycles. The van der Waals surface area contributed by atoms with Gasteiger partial charge in [-0.05, 0) is 32.6 Å². The first-order chi connectivity index (χ1) is 10.7. The minimum Gasteiger partial charge on any atom is -0.384 e. The van der Waals surface area contributed by atoms with E-state index in [9.17, 15) is 0 Å². The van der Waals surface area contributed by atoms with Crippen molar-refractivity contribution in [1.82, 2.24) is 20.1 Å². The van der Waals surface area contributed by atoms with Crippen LogP contribution in [0.3, 0.4) is 0 Å². The van der Waals surface area contributed by atoms with E-state index in [0.717, 1.165) is 50.7 Å². The van der Waals surface area contributed by atoms with Crippen LogP contribution >= 0.6 is 0 Å². The van der Waals surface area contributed by atoms with Crippen molar-refractivity contribution < 1.29 is 4.74 Å². The van der Waals surface area contributed by atoms with E-state index in [0.29, 0.717) is 17.4 Å². The van der Waals surface area contributed by atoms with E-state index in [1.807, 2.05) is 0 Å². The molecule has 0 amide bonds. The molecule has 2 aliphatic carbocycles. The smallest absolute Gasteiger partial charge is 0.147 e. The van der Waals surface area contributed by atoms with Gasteiger partial charge in [0, 0.05) is 37.6 Å². The van der Waals surface area contributed by atoms with Crippen molar-refractivity contribution in [3.8, 4) is 0 Å². The standard InChI is InChI=1S/C16H29N5O/c1-3-21-14(19-20-15(21)12-7-13(17)8-12)9-18-10-16(11-22-2)5-4-6-16/h12-13,18H,3-11,17H2,1-2H3. The van der Waals surface area contributed by atoms with Crippen LogP contribution in [0.15, 0.2) is 0 Å². The normalized spacial score (nSPS) is 26.5. The molecule has 0 radical (unpaired) electrons. The van der Waals surface area contributed by atoms with E-state index in [1.165, 1.54) is 19.3 Å². The maximum absolute atomic E-state index is 5.90. The summed E-state index contributed by atoms with van der Waals surface area (Å²) in [6.07, 6.45) is 5.94. The van der Waals surface area contributed by atoms with Gasteiger partial charge in [0.2, 0.25) is 0 Å². The largest absolute Gasteiger partial charge is 0.384 e. The van der Waals surface area contributed by atoms with Crippen molar-refractivity contribution in [3.05, 3.63) is 11.6 Å². The number of nitrogens with two attached hydrogens (primary N) is 1. The third kappa shape index (κ3) is 3.05. The van der Waals surface area contributed by atoms with Crippen LogP contribution in [-0.4, -0.2) is 41.1 Å². The van der Waals surface area contributed by atoms with Gasteiger partial charge in [-0.25, -0.2) is 0 Å². The zero-order chi connectivity index (χ0) is 15.6. The van der Waals surface area contributed by atoms with E-state index in [4.69, 9.17) is 10.5 Å². The number of ether oxygens (including phenoxy) is 1. The fourth-order valence-electron chi connectivity index (χ4n) is 3.79. The summed E-state index contributed by atoms with van der Waals surface area (Å²) in [5, 5.41) is 12.4. The van der Waals surface area contributed by atoms with Gasteiger partial charge in [-0.15, -0.1) is 10.2 Å². The van der Waals surface area contributed by atoms with Gasteiger partial charge in [-0.3, -0.25) is 0 Å². The molecule has 6 nitrogen and oxygen atoms in total. The summed E-state index contributed by atoms with van der Waals surface area (Å²) >= 11 is 0. The lowest BCUT2D eigenvalue weighted by atomic mass is 9.69. The summed E-state index contributed by atoms with van der Waals surface area (Å²) in [7, 11) is 1.80. The molecular weight excluding hydrogens is 278 g/mol. The third-order valence-electron chi connectivity index (χ3n) is 5.36. The zero-order valence-electron chi connectivity index (χ0n) is 13.8. The monoisotopic (exact) mass is 307 g/mol. The Balaban J connectivity index is 1.56. The minimum absolute atomic E-state index is 0.343. The molecule has 2 aliphatic rings. The SMILES string of the molecule is CCn1c(CNCC2(COC)CCC2)nnc1C1CC(N)C1. The van der Waals surface area contributed by atoms with Crippen LogP contribution in [0.1, 0.15) is 56.6 Å². The number of hydrogen-bond donors (Lipinski definition) is 2. The predicted octanol–water partition coefficient (Wildman–Crippen LogP) is 1.41. The van der Waals surface area contributed by atoms with Gasteiger partial charge in [0.15, 0.2) is 0 Å². The number of nitrogens with one attached hydrogen (secondary N) is 1. The summed E-state index contributed by atoms with van der Waals surface area (Å²) in [6, 6.07) is 0.348. The molecule has 1 aromatic rings. The molecular formula is C16H29N5O. The number of nitrogens with zero attached hydrogens (tertiary/aromatic N) is 3. The highest BCUT2D eigenvalue weighted by Crippen LogP contribution is 2.40. The molecule has 124 valence electrons. The highest BCUT2D eigenvalue weighted by Gasteiger charge is 2.36. The lowest BCUT2D eigenvalue weighted by Crippen LogP contribution is -2.43. The van der Waals surface area contributed by atoms with Gasteiger partial charge in [0.05, 0.1) is 13.2 Å². The Morgan fingerprint density at radius 3 is 2.68 bits per heavy atom. The van der Waals surface area contributed by atoms with Crippen molar-refractivity contribution in [1.29, 1.82) is 0 Å². The zero-order valence-corrected chi connectivity index (χ0v) is 13.8. The van der Waals surface area contributed by atoms with Crippen molar-refractivity contribution in [3.63, 3.8) is 0 Å². The molecule has 0 bridgehead atoms. The Kier molecular flexibility index (Phi) is 4.80. The lowest BCUT2D eigenvalue weighted by Gasteiger charge is -2.41. The molecule has 3 rings (SSSR count). The van der Waals surface area contributed by atoms with E-state index in [-0.39, 0.29) is 0 Å². The average Bonchev–Trinajstić information content (AvgIpc) is 2.83. The van der Waals surface area contributed by atoms with Crippen LogP contribution < -0.4 is 11.1 Å². The Bertz CT molecular complexity index is 491. The number of hydrogen-bond acceptors (Lipinski definition) is 5. The second-order valence-electron chi connectivity index (χ2n) is 7.04. The fourth-order valence-corrected chi connectivity index (χ4v) is 3.79. The summed E-state index contributed by atoms with van der Waals surface area (Å²) in [5.41, 5.74) is 6.24. The molecule has 0 aliphatic heterocycles. The van der Waals surface area contributed by atoms with Gasteiger partial charge < -0.3 is 20.4 Å². The van der Waals surface area contributed by atoms with Crippen molar-refractivity contribution in [2.75, 3.05) is 20.3 Å². The first kappa shape index (κ1) is 15.9. The highest BCUT2D eigenvalue weighted by molar-refractivity contribution is 5.08. The van der Waals surface area contributed by atoms with Crippen LogP contribution in [0.25, 0.3) is 0 Å². The Hall–Kier alpha value is -0.980. The molecule has 0 atom stereocenters. The van der Waals surface area contributed by atoms with Crippen molar-refractivity contribution in [2.24, 2.45) is 11.1 Å². The second-order valence-corrected chi connectivity index (χ2v) is 7.04. The number of aromatic nitrogens is 3. The highest BCUT2D eigenvalue weighted by atomic mass is 16.5. The van der Waals surface area contributed by atoms with Crippen LogP contribution in [-0.2, 0) is 17.8 Å². The van der Waals surface area contributed by atoms with Crippen LogP contribution in [0.2, 0.25) is 0 Å². The summed E-state index contributed by atoms with van der Waals surface area (Å²) < 4.78 is 7.64. The second kappa shape index (κ2) is 6.64. The number of rotatable bonds is 8. The lowest BCUT2D eigenvalue weighted by molar-refractivity contribution is 0.0175. The van der Waals surface area contributed by atoms with E-state index >= 15 is 0 Å². The van der Waals surface area contributed by atoms with Gasteiger partial charge >= 0.3 is 0 Å². The maximum atomic E-state index is 5.90. The van der Waals surface area contributed by atoms with E-state index in [2.05, 4.69) is 27.0 Å². The first-order valence-corrected chi connectivity index (χ1v) is 8.54. The molecule has 0 unspecified atom stereocenters. The molecule has 22 heavy (non-hydrogen) atoms. The van der Waals surface area contributed by atoms with Crippen molar-refractivity contribution >= 4 is 0 Å². The molecule has 0 aromatic carbocycles. The number of methoxy groups -OCH3 is 1. The third-order valence-corrected chi connectivity index (χ3v) is 5.36. The average molecular weight is 307 g/mol. The Morgan fingerprint density at radius 1 is 1.36 bits per heavy atom. The van der Waals surface area contributed by atoms with Gasteiger partial charge in [0.1, 0.15) is 11.6 Å². The molecule has 2 saturated carbocycles.